The van der Waals surface area contributed by atoms with Gasteiger partial charge >= 0.3 is 23.9 Å². The van der Waals surface area contributed by atoms with Gasteiger partial charge < -0.3 is 24.7 Å². The summed E-state index contributed by atoms with van der Waals surface area (Å²) in [7, 11) is 0. The first-order chi connectivity index (χ1) is 10.5. The van der Waals surface area contributed by atoms with Gasteiger partial charge in [0.15, 0.2) is 12.2 Å². The molecular formula is C13H19NO9. The van der Waals surface area contributed by atoms with Gasteiger partial charge in [-0.1, -0.05) is 0 Å². The summed E-state index contributed by atoms with van der Waals surface area (Å²) in [6.45, 7) is 3.65. The Balaban J connectivity index is 5.55. The maximum Gasteiger partial charge on any atom is 0.303 e. The first kappa shape index (κ1) is 20.3. The zero-order valence-electron chi connectivity index (χ0n) is 13.2. The lowest BCUT2D eigenvalue weighted by molar-refractivity contribution is -0.190. The minimum absolute atomic E-state index is 0.530. The molecule has 0 aliphatic heterocycles. The van der Waals surface area contributed by atoms with Gasteiger partial charge in [-0.05, 0) is 0 Å². The lowest BCUT2D eigenvalue weighted by Crippen LogP contribution is -2.52. The average Bonchev–Trinajstić information content (AvgIpc) is 2.37. The maximum atomic E-state index is 11.5. The summed E-state index contributed by atoms with van der Waals surface area (Å²) in [5.41, 5.74) is 5.13. The van der Waals surface area contributed by atoms with Gasteiger partial charge in [-0.25, -0.2) is 0 Å². The fourth-order valence-corrected chi connectivity index (χ4v) is 1.60. The molecule has 0 bridgehead atoms. The first-order valence-electron chi connectivity index (χ1n) is 6.49. The highest BCUT2D eigenvalue weighted by atomic mass is 16.6. The number of esters is 4. The van der Waals surface area contributed by atoms with Gasteiger partial charge in [0.25, 0.3) is 5.91 Å². The van der Waals surface area contributed by atoms with E-state index in [9.17, 15) is 24.0 Å². The second kappa shape index (κ2) is 9.38. The van der Waals surface area contributed by atoms with Crippen LogP contribution in [0.15, 0.2) is 0 Å². The van der Waals surface area contributed by atoms with Gasteiger partial charge in [0.1, 0.15) is 6.61 Å². The van der Waals surface area contributed by atoms with E-state index in [2.05, 4.69) is 0 Å². The Bertz CT molecular complexity index is 488. The molecule has 0 radical (unpaired) electrons. The highest BCUT2D eigenvalue weighted by Gasteiger charge is 2.41. The number of hydrogen-bond acceptors (Lipinski definition) is 9. The number of carbonyl (C=O) groups is 5. The minimum atomic E-state index is -1.73. The zero-order valence-corrected chi connectivity index (χ0v) is 13.2. The van der Waals surface area contributed by atoms with Crippen molar-refractivity contribution in [1.82, 2.24) is 0 Å². The quantitative estimate of drug-likeness (QED) is 0.428. The minimum Gasteiger partial charge on any atom is -0.462 e. The predicted molar refractivity (Wildman–Crippen MR) is 72.5 cm³/mol. The highest BCUT2D eigenvalue weighted by Crippen LogP contribution is 2.15. The van der Waals surface area contributed by atoms with E-state index in [1.807, 2.05) is 0 Å². The van der Waals surface area contributed by atoms with Gasteiger partial charge in [0.05, 0.1) is 0 Å². The van der Waals surface area contributed by atoms with Crippen molar-refractivity contribution in [2.75, 3.05) is 6.61 Å². The van der Waals surface area contributed by atoms with E-state index >= 15 is 0 Å². The van der Waals surface area contributed by atoms with Crippen molar-refractivity contribution < 1.29 is 42.9 Å². The maximum absolute atomic E-state index is 11.5. The number of rotatable bonds is 8. The van der Waals surface area contributed by atoms with Gasteiger partial charge in [0.2, 0.25) is 6.10 Å². The smallest absolute Gasteiger partial charge is 0.303 e. The van der Waals surface area contributed by atoms with Crippen LogP contribution in [0.3, 0.4) is 0 Å². The summed E-state index contributed by atoms with van der Waals surface area (Å²) in [6.07, 6.45) is -4.69. The fourth-order valence-electron chi connectivity index (χ4n) is 1.60. The Morgan fingerprint density at radius 2 is 1.26 bits per heavy atom. The Morgan fingerprint density at radius 1 is 0.783 bits per heavy atom. The molecule has 0 aromatic carbocycles. The van der Waals surface area contributed by atoms with Crippen LogP contribution in [0.2, 0.25) is 0 Å². The topological polar surface area (TPSA) is 148 Å². The number of nitrogens with two attached hydrogens (primary N) is 1. The average molecular weight is 333 g/mol. The summed E-state index contributed by atoms with van der Waals surface area (Å²) in [4.78, 5) is 55.9. The lowest BCUT2D eigenvalue weighted by Gasteiger charge is -2.29. The second-order valence-corrected chi connectivity index (χ2v) is 4.46. The number of primary amides is 1. The molecule has 0 fully saturated rings. The summed E-state index contributed by atoms with van der Waals surface area (Å²) < 4.78 is 19.2. The zero-order chi connectivity index (χ0) is 18.2. The Labute approximate surface area is 132 Å². The van der Waals surface area contributed by atoms with Crippen LogP contribution >= 0.6 is 0 Å². The van der Waals surface area contributed by atoms with Crippen LogP contribution in [0.4, 0.5) is 0 Å². The van der Waals surface area contributed by atoms with E-state index < -0.39 is 54.7 Å². The molecule has 0 heterocycles. The molecule has 10 heteroatoms. The van der Waals surface area contributed by atoms with Gasteiger partial charge in [-0.3, -0.25) is 24.0 Å². The molecule has 130 valence electrons. The van der Waals surface area contributed by atoms with E-state index in [4.69, 9.17) is 24.7 Å². The van der Waals surface area contributed by atoms with Crippen molar-refractivity contribution in [3.8, 4) is 0 Å². The van der Waals surface area contributed by atoms with Crippen molar-refractivity contribution in [3.05, 3.63) is 0 Å². The number of ether oxygens (including phenoxy) is 4. The molecule has 23 heavy (non-hydrogen) atoms. The predicted octanol–water partition coefficient (Wildman–Crippen LogP) is -1.17. The molecule has 0 saturated carbocycles. The molecule has 2 N–H and O–H groups in total. The van der Waals surface area contributed by atoms with Crippen LogP contribution in [0.25, 0.3) is 0 Å². The van der Waals surface area contributed by atoms with E-state index in [-0.39, 0.29) is 0 Å². The lowest BCUT2D eigenvalue weighted by atomic mass is 10.1. The van der Waals surface area contributed by atoms with Crippen LogP contribution in [0, 0.1) is 0 Å². The van der Waals surface area contributed by atoms with Crippen molar-refractivity contribution in [1.29, 1.82) is 0 Å². The number of carbonyl (C=O) groups excluding carboxylic acids is 5. The van der Waals surface area contributed by atoms with Crippen molar-refractivity contribution >= 4 is 29.8 Å². The molecule has 0 aliphatic rings. The first-order valence-corrected chi connectivity index (χ1v) is 6.49. The number of hydrogen-bond donors (Lipinski definition) is 1. The van der Waals surface area contributed by atoms with Crippen molar-refractivity contribution in [3.63, 3.8) is 0 Å². The van der Waals surface area contributed by atoms with E-state index in [1.54, 1.807) is 0 Å². The summed E-state index contributed by atoms with van der Waals surface area (Å²) >= 11 is 0. The van der Waals surface area contributed by atoms with Crippen LogP contribution in [-0.4, -0.2) is 54.7 Å². The molecule has 0 rings (SSSR count). The summed E-state index contributed by atoms with van der Waals surface area (Å²) in [5, 5.41) is 0. The number of amides is 1. The van der Waals surface area contributed by atoms with Crippen LogP contribution in [-0.2, 0) is 42.9 Å². The van der Waals surface area contributed by atoms with E-state index in [0.29, 0.717) is 0 Å². The standard InChI is InChI=1S/C13H19NO9/c1-6(15)20-5-10(21-7(2)16)11(22-8(3)17)12(13(14)19)23-9(4)18/h10-12H,5H2,1-4H3,(H2,14,19)/t10-,11+,12-/m1/s1. The molecule has 0 saturated heterocycles. The molecule has 0 aromatic rings. The largest absolute Gasteiger partial charge is 0.462 e. The Morgan fingerprint density at radius 3 is 1.61 bits per heavy atom. The van der Waals surface area contributed by atoms with Crippen molar-refractivity contribution in [2.45, 2.75) is 46.0 Å². The molecule has 0 unspecified atom stereocenters. The third-order valence-corrected chi connectivity index (χ3v) is 2.31. The highest BCUT2D eigenvalue weighted by molar-refractivity contribution is 5.83. The second-order valence-electron chi connectivity index (χ2n) is 4.46. The van der Waals surface area contributed by atoms with Gasteiger partial charge in [-0.15, -0.1) is 0 Å². The third-order valence-electron chi connectivity index (χ3n) is 2.31. The molecule has 10 nitrogen and oxygen atoms in total. The van der Waals surface area contributed by atoms with E-state index in [1.165, 1.54) is 0 Å². The SMILES string of the molecule is CC(=O)OC[C@@H](OC(C)=O)[C@H](OC(C)=O)[C@@H](OC(C)=O)C(N)=O. The fraction of sp³-hybridized carbons (Fsp3) is 0.615. The molecule has 0 aromatic heterocycles. The molecule has 3 atom stereocenters. The molecule has 0 aliphatic carbocycles. The summed E-state index contributed by atoms with van der Waals surface area (Å²) in [5.74, 6) is -4.36. The van der Waals surface area contributed by atoms with Crippen LogP contribution < -0.4 is 5.73 Å². The Hall–Kier alpha value is -2.65. The van der Waals surface area contributed by atoms with Gasteiger partial charge in [-0.2, -0.15) is 0 Å². The normalized spacial score (nSPS) is 13.9. The summed E-state index contributed by atoms with van der Waals surface area (Å²) in [6, 6.07) is 0. The Kier molecular flexibility index (Phi) is 8.30. The molecule has 0 spiro atoms. The molecule has 1 amide bonds. The third kappa shape index (κ3) is 8.39. The van der Waals surface area contributed by atoms with Crippen LogP contribution in [0.5, 0.6) is 0 Å². The monoisotopic (exact) mass is 333 g/mol. The van der Waals surface area contributed by atoms with Crippen molar-refractivity contribution in [2.24, 2.45) is 5.73 Å². The van der Waals surface area contributed by atoms with Crippen LogP contribution in [0.1, 0.15) is 27.7 Å². The van der Waals surface area contributed by atoms with E-state index in [0.717, 1.165) is 27.7 Å². The molecular weight excluding hydrogens is 314 g/mol. The van der Waals surface area contributed by atoms with Gasteiger partial charge in [0, 0.05) is 27.7 Å².